The van der Waals surface area contributed by atoms with Crippen molar-refractivity contribution in [2.75, 3.05) is 25.9 Å². The molecule has 1 aromatic carbocycles. The third-order valence-corrected chi connectivity index (χ3v) is 6.21. The normalized spacial score (nSPS) is 25.8. The third kappa shape index (κ3) is 2.79. The first-order valence-corrected chi connectivity index (χ1v) is 8.32. The van der Waals surface area contributed by atoms with Crippen LogP contribution in [0.4, 0.5) is 5.69 Å². The maximum Gasteiger partial charge on any atom is 0.244 e. The van der Waals surface area contributed by atoms with E-state index in [1.807, 2.05) is 20.9 Å². The first kappa shape index (κ1) is 15.6. The van der Waals surface area contributed by atoms with Gasteiger partial charge < -0.3 is 5.73 Å². The monoisotopic (exact) mass is 317 g/mol. The highest BCUT2D eigenvalue weighted by Gasteiger charge is 2.35. The zero-order valence-corrected chi connectivity index (χ0v) is 13.4. The highest BCUT2D eigenvalue weighted by molar-refractivity contribution is 7.89. The van der Waals surface area contributed by atoms with Gasteiger partial charge in [0.05, 0.1) is 5.02 Å². The van der Waals surface area contributed by atoms with Crippen molar-refractivity contribution in [1.82, 2.24) is 9.21 Å². The standard InChI is InChI=1S/C13H20ClN3O2S/c1-9-7-17(8-10(2)16(9)3)20(18,19)13-5-4-11(15)6-12(13)14/h4-6,9-10H,7-8,15H2,1-3H3. The molecular weight excluding hydrogens is 298 g/mol. The number of anilines is 1. The molecule has 1 fully saturated rings. The Labute approximate surface area is 125 Å². The molecule has 1 aliphatic heterocycles. The molecule has 0 aliphatic carbocycles. The van der Waals surface area contributed by atoms with Gasteiger partial charge in [0.15, 0.2) is 0 Å². The van der Waals surface area contributed by atoms with Crippen molar-refractivity contribution in [3.05, 3.63) is 23.2 Å². The SMILES string of the molecule is CC1CN(S(=O)(=O)c2ccc(N)cc2Cl)CC(C)N1C. The van der Waals surface area contributed by atoms with Crippen molar-refractivity contribution in [2.45, 2.75) is 30.8 Å². The second-order valence-corrected chi connectivity index (χ2v) is 7.69. The lowest BCUT2D eigenvalue weighted by Crippen LogP contribution is -2.56. The second kappa shape index (κ2) is 5.52. The van der Waals surface area contributed by atoms with Crippen molar-refractivity contribution in [3.8, 4) is 0 Å². The maximum atomic E-state index is 12.7. The number of halogens is 1. The zero-order valence-electron chi connectivity index (χ0n) is 11.9. The van der Waals surface area contributed by atoms with E-state index in [-0.39, 0.29) is 22.0 Å². The zero-order chi connectivity index (χ0) is 15.1. The number of benzene rings is 1. The molecule has 2 N–H and O–H groups in total. The fourth-order valence-electron chi connectivity index (χ4n) is 2.42. The van der Waals surface area contributed by atoms with Crippen LogP contribution in [0.2, 0.25) is 5.02 Å². The number of nitrogens with two attached hydrogens (primary N) is 1. The summed E-state index contributed by atoms with van der Waals surface area (Å²) in [5.41, 5.74) is 6.06. The quantitative estimate of drug-likeness (QED) is 0.842. The number of likely N-dealkylation sites (N-methyl/N-ethyl adjacent to an activating group) is 1. The summed E-state index contributed by atoms with van der Waals surface area (Å²) in [6, 6.07) is 4.84. The summed E-state index contributed by atoms with van der Waals surface area (Å²) in [5, 5.41) is 0.171. The summed E-state index contributed by atoms with van der Waals surface area (Å²) in [6.07, 6.45) is 0. The van der Waals surface area contributed by atoms with Crippen molar-refractivity contribution in [1.29, 1.82) is 0 Å². The Kier molecular flexibility index (Phi) is 4.30. The lowest BCUT2D eigenvalue weighted by molar-refractivity contribution is 0.105. The minimum atomic E-state index is -3.58. The molecule has 0 aromatic heterocycles. The minimum Gasteiger partial charge on any atom is -0.399 e. The Morgan fingerprint density at radius 1 is 1.25 bits per heavy atom. The Balaban J connectivity index is 2.35. The van der Waals surface area contributed by atoms with Crippen molar-refractivity contribution in [2.24, 2.45) is 0 Å². The van der Waals surface area contributed by atoms with Crippen LogP contribution in [0.5, 0.6) is 0 Å². The van der Waals surface area contributed by atoms with E-state index < -0.39 is 10.0 Å². The minimum absolute atomic E-state index is 0.123. The summed E-state index contributed by atoms with van der Waals surface area (Å²) in [6.45, 7) is 4.96. The van der Waals surface area contributed by atoms with E-state index in [0.29, 0.717) is 18.8 Å². The van der Waals surface area contributed by atoms with E-state index in [0.717, 1.165) is 0 Å². The van der Waals surface area contributed by atoms with Crippen LogP contribution in [0.1, 0.15) is 13.8 Å². The highest BCUT2D eigenvalue weighted by Crippen LogP contribution is 2.28. The number of piperazine rings is 1. The van der Waals surface area contributed by atoms with E-state index in [1.54, 1.807) is 6.07 Å². The summed E-state index contributed by atoms with van der Waals surface area (Å²) in [5.74, 6) is 0. The Bertz CT molecular complexity index is 594. The Morgan fingerprint density at radius 2 is 1.80 bits per heavy atom. The molecule has 0 bridgehead atoms. The van der Waals surface area contributed by atoms with Crippen LogP contribution in [0.25, 0.3) is 0 Å². The summed E-state index contributed by atoms with van der Waals surface area (Å²) >= 11 is 6.04. The number of hydrogen-bond donors (Lipinski definition) is 1. The molecule has 0 saturated carbocycles. The van der Waals surface area contributed by atoms with Crippen LogP contribution in [-0.2, 0) is 10.0 Å². The van der Waals surface area contributed by atoms with E-state index in [2.05, 4.69) is 4.90 Å². The van der Waals surface area contributed by atoms with Crippen LogP contribution in [-0.4, -0.2) is 49.8 Å². The van der Waals surface area contributed by atoms with Crippen LogP contribution in [0, 0.1) is 0 Å². The van der Waals surface area contributed by atoms with Gasteiger partial charge in [0.2, 0.25) is 10.0 Å². The molecule has 20 heavy (non-hydrogen) atoms. The van der Waals surface area contributed by atoms with E-state index in [1.165, 1.54) is 16.4 Å². The van der Waals surface area contributed by atoms with E-state index in [9.17, 15) is 8.42 Å². The molecule has 0 amide bonds. The molecule has 1 heterocycles. The first-order chi connectivity index (χ1) is 9.23. The Hall–Kier alpha value is -0.820. The van der Waals surface area contributed by atoms with Gasteiger partial charge in [-0.2, -0.15) is 4.31 Å². The number of rotatable bonds is 2. The largest absolute Gasteiger partial charge is 0.399 e. The summed E-state index contributed by atoms with van der Waals surface area (Å²) in [7, 11) is -1.57. The van der Waals surface area contributed by atoms with Gasteiger partial charge in [0.25, 0.3) is 0 Å². The molecule has 0 spiro atoms. The first-order valence-electron chi connectivity index (χ1n) is 6.50. The summed E-state index contributed by atoms with van der Waals surface area (Å²) in [4.78, 5) is 2.30. The Morgan fingerprint density at radius 3 is 2.30 bits per heavy atom. The molecule has 2 atom stereocenters. The fraction of sp³-hybridized carbons (Fsp3) is 0.538. The van der Waals surface area contributed by atoms with E-state index >= 15 is 0 Å². The third-order valence-electron chi connectivity index (χ3n) is 3.90. The van der Waals surface area contributed by atoms with Gasteiger partial charge in [0, 0.05) is 30.9 Å². The average molecular weight is 318 g/mol. The average Bonchev–Trinajstić information content (AvgIpc) is 2.34. The predicted molar refractivity (Wildman–Crippen MR) is 81.3 cm³/mol. The molecule has 112 valence electrons. The van der Waals surface area contributed by atoms with Gasteiger partial charge in [-0.15, -0.1) is 0 Å². The highest BCUT2D eigenvalue weighted by atomic mass is 35.5. The lowest BCUT2D eigenvalue weighted by atomic mass is 10.1. The van der Waals surface area contributed by atoms with Gasteiger partial charge in [-0.05, 0) is 39.1 Å². The van der Waals surface area contributed by atoms with Crippen LogP contribution in [0.15, 0.2) is 23.1 Å². The van der Waals surface area contributed by atoms with Gasteiger partial charge in [-0.1, -0.05) is 11.6 Å². The fourth-order valence-corrected chi connectivity index (χ4v) is 4.55. The van der Waals surface area contributed by atoms with Crippen LogP contribution >= 0.6 is 11.6 Å². The molecule has 1 aliphatic rings. The van der Waals surface area contributed by atoms with Crippen molar-refractivity contribution < 1.29 is 8.42 Å². The van der Waals surface area contributed by atoms with E-state index in [4.69, 9.17) is 17.3 Å². The van der Waals surface area contributed by atoms with Crippen molar-refractivity contribution in [3.63, 3.8) is 0 Å². The molecule has 2 unspecified atom stereocenters. The molecule has 5 nitrogen and oxygen atoms in total. The van der Waals surface area contributed by atoms with Gasteiger partial charge in [-0.25, -0.2) is 8.42 Å². The van der Waals surface area contributed by atoms with Crippen LogP contribution in [0.3, 0.4) is 0 Å². The molecule has 1 aromatic rings. The lowest BCUT2D eigenvalue weighted by Gasteiger charge is -2.41. The van der Waals surface area contributed by atoms with Gasteiger partial charge >= 0.3 is 0 Å². The molecule has 0 radical (unpaired) electrons. The number of hydrogen-bond acceptors (Lipinski definition) is 4. The number of nitrogens with zero attached hydrogens (tertiary/aromatic N) is 2. The molecule has 2 rings (SSSR count). The smallest absolute Gasteiger partial charge is 0.244 e. The summed E-state index contributed by atoms with van der Waals surface area (Å²) < 4.78 is 26.9. The second-order valence-electron chi connectivity index (χ2n) is 5.38. The topological polar surface area (TPSA) is 66.6 Å². The molecule has 7 heteroatoms. The molecular formula is C13H20ClN3O2S. The maximum absolute atomic E-state index is 12.7. The predicted octanol–water partition coefficient (Wildman–Crippen LogP) is 1.64. The van der Waals surface area contributed by atoms with Crippen LogP contribution < -0.4 is 5.73 Å². The number of nitrogen functional groups attached to an aromatic ring is 1. The molecule has 1 saturated heterocycles. The van der Waals surface area contributed by atoms with Crippen molar-refractivity contribution >= 4 is 27.3 Å². The van der Waals surface area contributed by atoms with Gasteiger partial charge in [-0.3, -0.25) is 4.90 Å². The number of sulfonamides is 1. The van der Waals surface area contributed by atoms with Gasteiger partial charge in [0.1, 0.15) is 4.90 Å².